The van der Waals surface area contributed by atoms with Crippen LogP contribution >= 0.6 is 0 Å². The van der Waals surface area contributed by atoms with Crippen LogP contribution in [0.1, 0.15) is 44.7 Å². The summed E-state index contributed by atoms with van der Waals surface area (Å²) in [4.78, 5) is 12.5. The van der Waals surface area contributed by atoms with E-state index in [4.69, 9.17) is 0 Å². The summed E-state index contributed by atoms with van der Waals surface area (Å²) in [6.45, 7) is 9.31. The Morgan fingerprint density at radius 2 is 2.15 bits per heavy atom. The van der Waals surface area contributed by atoms with E-state index in [1.165, 1.54) is 5.56 Å². The van der Waals surface area contributed by atoms with Crippen LogP contribution in [0.15, 0.2) is 24.3 Å². The van der Waals surface area contributed by atoms with Crippen LogP contribution in [-0.2, 0) is 10.3 Å². The molecule has 2 N–H and O–H groups in total. The SMILES string of the molecule is Cc1cccc(C(C)(C)NC(=O)[C@H]2CCN[C@@H](C)C2)c1. The van der Waals surface area contributed by atoms with E-state index in [0.29, 0.717) is 6.04 Å². The highest BCUT2D eigenvalue weighted by Gasteiger charge is 2.29. The minimum atomic E-state index is -0.322. The van der Waals surface area contributed by atoms with E-state index in [2.05, 4.69) is 56.5 Å². The molecule has 0 saturated carbocycles. The highest BCUT2D eigenvalue weighted by atomic mass is 16.2. The first kappa shape index (κ1) is 15.0. The van der Waals surface area contributed by atoms with Crippen LogP contribution in [0.3, 0.4) is 0 Å². The topological polar surface area (TPSA) is 41.1 Å². The summed E-state index contributed by atoms with van der Waals surface area (Å²) in [5.41, 5.74) is 2.06. The summed E-state index contributed by atoms with van der Waals surface area (Å²) in [5, 5.41) is 6.61. The highest BCUT2D eigenvalue weighted by molar-refractivity contribution is 5.79. The monoisotopic (exact) mass is 274 g/mol. The Hall–Kier alpha value is -1.35. The van der Waals surface area contributed by atoms with Gasteiger partial charge in [-0.05, 0) is 52.6 Å². The fourth-order valence-electron chi connectivity index (χ4n) is 2.89. The molecule has 3 heteroatoms. The second-order valence-electron chi connectivity index (χ2n) is 6.56. The first-order chi connectivity index (χ1) is 9.38. The number of nitrogens with one attached hydrogen (secondary N) is 2. The van der Waals surface area contributed by atoms with Crippen molar-refractivity contribution < 1.29 is 4.79 Å². The van der Waals surface area contributed by atoms with Crippen LogP contribution in [0, 0.1) is 12.8 Å². The fraction of sp³-hybridized carbons (Fsp3) is 0.588. The molecule has 1 fully saturated rings. The van der Waals surface area contributed by atoms with Gasteiger partial charge in [-0.15, -0.1) is 0 Å². The summed E-state index contributed by atoms with van der Waals surface area (Å²) >= 11 is 0. The molecule has 110 valence electrons. The zero-order valence-electron chi connectivity index (χ0n) is 13.0. The molecular formula is C17H26N2O. The quantitative estimate of drug-likeness (QED) is 0.890. The Morgan fingerprint density at radius 1 is 1.40 bits per heavy atom. The van der Waals surface area contributed by atoms with E-state index >= 15 is 0 Å². The number of hydrogen-bond donors (Lipinski definition) is 2. The van der Waals surface area contributed by atoms with Crippen molar-refractivity contribution in [2.45, 2.75) is 52.1 Å². The average Bonchev–Trinajstić information content (AvgIpc) is 2.38. The third-order valence-corrected chi connectivity index (χ3v) is 4.17. The molecule has 0 radical (unpaired) electrons. The summed E-state index contributed by atoms with van der Waals surface area (Å²) < 4.78 is 0. The lowest BCUT2D eigenvalue weighted by Crippen LogP contribution is -2.48. The van der Waals surface area contributed by atoms with Crippen molar-refractivity contribution in [1.29, 1.82) is 0 Å². The van der Waals surface area contributed by atoms with Crippen molar-refractivity contribution in [3.8, 4) is 0 Å². The van der Waals surface area contributed by atoms with Crippen molar-refractivity contribution in [2.24, 2.45) is 5.92 Å². The van der Waals surface area contributed by atoms with Gasteiger partial charge in [0.1, 0.15) is 0 Å². The molecule has 0 spiro atoms. The smallest absolute Gasteiger partial charge is 0.223 e. The van der Waals surface area contributed by atoms with E-state index in [1.54, 1.807) is 0 Å². The van der Waals surface area contributed by atoms with Crippen molar-refractivity contribution in [2.75, 3.05) is 6.54 Å². The first-order valence-electron chi connectivity index (χ1n) is 7.51. The number of carbonyl (C=O) groups is 1. The molecule has 1 aromatic rings. The number of amides is 1. The molecule has 1 heterocycles. The maximum atomic E-state index is 12.5. The number of piperidine rings is 1. The van der Waals surface area contributed by atoms with Gasteiger partial charge in [-0.2, -0.15) is 0 Å². The predicted octanol–water partition coefficient (Wildman–Crippen LogP) is 2.73. The molecule has 1 saturated heterocycles. The molecule has 3 nitrogen and oxygen atoms in total. The standard InChI is InChI=1S/C17H26N2O/c1-12-6-5-7-15(10-12)17(3,4)19-16(20)14-8-9-18-13(2)11-14/h5-7,10,13-14,18H,8-9,11H2,1-4H3,(H,19,20)/t13-,14-/m0/s1. The van der Waals surface area contributed by atoms with Crippen molar-refractivity contribution in [3.63, 3.8) is 0 Å². The summed E-state index contributed by atoms with van der Waals surface area (Å²) in [5.74, 6) is 0.320. The summed E-state index contributed by atoms with van der Waals surface area (Å²) in [7, 11) is 0. The highest BCUT2D eigenvalue weighted by Crippen LogP contribution is 2.23. The molecule has 0 aliphatic carbocycles. The number of hydrogen-bond acceptors (Lipinski definition) is 2. The van der Waals surface area contributed by atoms with Crippen LogP contribution in [0.2, 0.25) is 0 Å². The zero-order chi connectivity index (χ0) is 14.8. The average molecular weight is 274 g/mol. The predicted molar refractivity (Wildman–Crippen MR) is 82.5 cm³/mol. The van der Waals surface area contributed by atoms with Gasteiger partial charge in [0.2, 0.25) is 5.91 Å². The maximum absolute atomic E-state index is 12.5. The largest absolute Gasteiger partial charge is 0.347 e. The molecule has 0 aromatic heterocycles. The molecule has 1 aliphatic heterocycles. The summed E-state index contributed by atoms with van der Waals surface area (Å²) in [6.07, 6.45) is 1.86. The fourth-order valence-corrected chi connectivity index (χ4v) is 2.89. The second kappa shape index (κ2) is 5.96. The van der Waals surface area contributed by atoms with Gasteiger partial charge in [-0.3, -0.25) is 4.79 Å². The lowest BCUT2D eigenvalue weighted by atomic mass is 9.89. The van der Waals surface area contributed by atoms with Gasteiger partial charge < -0.3 is 10.6 Å². The van der Waals surface area contributed by atoms with Gasteiger partial charge in [0.25, 0.3) is 0 Å². The van der Waals surface area contributed by atoms with Crippen LogP contribution < -0.4 is 10.6 Å². The molecule has 0 bridgehead atoms. The Labute approximate surface area is 122 Å². The Morgan fingerprint density at radius 3 is 2.80 bits per heavy atom. The van der Waals surface area contributed by atoms with Gasteiger partial charge in [-0.25, -0.2) is 0 Å². The Kier molecular flexibility index (Phi) is 4.48. The molecule has 2 atom stereocenters. The number of aryl methyl sites for hydroxylation is 1. The zero-order valence-corrected chi connectivity index (χ0v) is 13.0. The molecule has 1 amide bonds. The molecule has 2 rings (SSSR count). The van der Waals surface area contributed by atoms with Crippen LogP contribution in [0.25, 0.3) is 0 Å². The molecule has 0 unspecified atom stereocenters. The van der Waals surface area contributed by atoms with Crippen LogP contribution in [-0.4, -0.2) is 18.5 Å². The van der Waals surface area contributed by atoms with Crippen molar-refractivity contribution in [1.82, 2.24) is 10.6 Å². The normalized spacial score (nSPS) is 23.4. The van der Waals surface area contributed by atoms with E-state index in [9.17, 15) is 4.79 Å². The maximum Gasteiger partial charge on any atom is 0.223 e. The van der Waals surface area contributed by atoms with E-state index in [1.807, 2.05) is 6.07 Å². The van der Waals surface area contributed by atoms with Gasteiger partial charge in [-0.1, -0.05) is 29.8 Å². The Bertz CT molecular complexity index is 482. The van der Waals surface area contributed by atoms with Crippen LogP contribution in [0.5, 0.6) is 0 Å². The molecule has 20 heavy (non-hydrogen) atoms. The third kappa shape index (κ3) is 3.60. The third-order valence-electron chi connectivity index (χ3n) is 4.17. The van der Waals surface area contributed by atoms with Crippen molar-refractivity contribution >= 4 is 5.91 Å². The van der Waals surface area contributed by atoms with E-state index in [0.717, 1.165) is 24.9 Å². The first-order valence-corrected chi connectivity index (χ1v) is 7.51. The number of rotatable bonds is 3. The van der Waals surface area contributed by atoms with Gasteiger partial charge in [0.15, 0.2) is 0 Å². The van der Waals surface area contributed by atoms with Crippen molar-refractivity contribution in [3.05, 3.63) is 35.4 Å². The minimum Gasteiger partial charge on any atom is -0.347 e. The number of benzene rings is 1. The lowest BCUT2D eigenvalue weighted by Gasteiger charge is -2.32. The summed E-state index contributed by atoms with van der Waals surface area (Å²) in [6, 6.07) is 8.78. The molecule has 1 aliphatic rings. The molecular weight excluding hydrogens is 248 g/mol. The molecule has 1 aromatic carbocycles. The van der Waals surface area contributed by atoms with Gasteiger partial charge >= 0.3 is 0 Å². The second-order valence-corrected chi connectivity index (χ2v) is 6.56. The van der Waals surface area contributed by atoms with Gasteiger partial charge in [0.05, 0.1) is 5.54 Å². The minimum absolute atomic E-state index is 0.135. The van der Waals surface area contributed by atoms with Gasteiger partial charge in [0, 0.05) is 12.0 Å². The van der Waals surface area contributed by atoms with E-state index in [-0.39, 0.29) is 17.4 Å². The van der Waals surface area contributed by atoms with E-state index < -0.39 is 0 Å². The van der Waals surface area contributed by atoms with Crippen LogP contribution in [0.4, 0.5) is 0 Å². The Balaban J connectivity index is 2.05. The number of carbonyl (C=O) groups excluding carboxylic acids is 1. The lowest BCUT2D eigenvalue weighted by molar-refractivity contribution is -0.127.